The van der Waals surface area contributed by atoms with Gasteiger partial charge in [0.15, 0.2) is 0 Å². The second-order valence-electron chi connectivity index (χ2n) is 6.89. The topological polar surface area (TPSA) is 20.8 Å². The largest absolute Gasteiger partial charge is 0.308 e. The van der Waals surface area contributed by atoms with Gasteiger partial charge in [0.1, 0.15) is 18.1 Å². The molecule has 0 radical (unpaired) electrons. The molecule has 3 nitrogen and oxygen atoms in total. The Balaban J connectivity index is 2.25. The zero-order valence-electron chi connectivity index (χ0n) is 14.1. The Morgan fingerprint density at radius 3 is 2.27 bits per heavy atom. The first-order valence-electron chi connectivity index (χ1n) is 7.60. The number of nitrogens with zero attached hydrogens (tertiary/aromatic N) is 2. The Bertz CT molecular complexity index is 642. The maximum atomic E-state index is 3.57. The van der Waals surface area contributed by atoms with Gasteiger partial charge in [-0.25, -0.2) is 4.57 Å². The molecule has 120 valence electrons. The Labute approximate surface area is 135 Å². The third kappa shape index (κ3) is 3.80. The fourth-order valence-electron chi connectivity index (χ4n) is 2.71. The van der Waals surface area contributed by atoms with Gasteiger partial charge in [-0.3, -0.25) is 4.57 Å². The number of hydrogen-bond acceptors (Lipinski definition) is 1. The molecule has 2 aromatic rings. The second-order valence-corrected chi connectivity index (χ2v) is 6.89. The Kier molecular flexibility index (Phi) is 4.81. The van der Waals surface area contributed by atoms with Gasteiger partial charge in [0.25, 0.3) is 0 Å². The molecule has 2 rings (SSSR count). The molecule has 0 saturated carbocycles. The van der Waals surface area contributed by atoms with Crippen molar-refractivity contribution in [3.8, 4) is 5.69 Å². The zero-order valence-corrected chi connectivity index (χ0v) is 14.1. The van der Waals surface area contributed by atoms with Crippen LogP contribution in [0.4, 0.5) is 0 Å². The van der Waals surface area contributed by atoms with Crippen LogP contribution in [0.3, 0.4) is 0 Å². The summed E-state index contributed by atoms with van der Waals surface area (Å²) in [5.41, 5.74) is 7.17. The minimum absolute atomic E-state index is 0.106. The van der Waals surface area contributed by atoms with Gasteiger partial charge in [0.05, 0.1) is 20.1 Å². The summed E-state index contributed by atoms with van der Waals surface area (Å²) >= 11 is 0. The molecule has 0 atom stereocenters. The third-order valence-electron chi connectivity index (χ3n) is 3.52. The molecular formula is C18H30BN3. The van der Waals surface area contributed by atoms with Gasteiger partial charge in [0, 0.05) is 12.1 Å². The van der Waals surface area contributed by atoms with Crippen molar-refractivity contribution < 1.29 is 4.57 Å². The van der Waals surface area contributed by atoms with Crippen LogP contribution >= 0.6 is 0 Å². The molecule has 22 heavy (non-hydrogen) atoms. The molecule has 0 aliphatic heterocycles. The first-order chi connectivity index (χ1) is 10.2. The van der Waals surface area contributed by atoms with E-state index >= 15 is 0 Å². The normalized spacial score (nSPS) is 12.0. The van der Waals surface area contributed by atoms with Crippen LogP contribution < -0.4 is 15.6 Å². The Morgan fingerprint density at radius 1 is 1.14 bits per heavy atom. The van der Waals surface area contributed by atoms with Crippen LogP contribution in [0.25, 0.3) is 5.69 Å². The minimum atomic E-state index is 0.106. The Morgan fingerprint density at radius 2 is 1.73 bits per heavy atom. The van der Waals surface area contributed by atoms with Gasteiger partial charge in [-0.2, -0.15) is 0 Å². The van der Waals surface area contributed by atoms with Crippen molar-refractivity contribution in [1.82, 2.24) is 9.88 Å². The second kappa shape index (κ2) is 6.29. The lowest BCUT2D eigenvalue weighted by Crippen LogP contribution is -2.53. The molecule has 0 bridgehead atoms. The quantitative estimate of drug-likeness (QED) is 0.662. The van der Waals surface area contributed by atoms with Crippen LogP contribution in [0.5, 0.6) is 0 Å². The van der Waals surface area contributed by atoms with Crippen LogP contribution in [0.15, 0.2) is 24.5 Å². The first kappa shape index (κ1) is 16.8. The lowest BCUT2D eigenvalue weighted by atomic mass is 10.0. The molecule has 0 saturated heterocycles. The lowest BCUT2D eigenvalue weighted by Gasteiger charge is -2.20. The molecular weight excluding hydrogens is 269 g/mol. The van der Waals surface area contributed by atoms with Gasteiger partial charge in [-0.05, 0) is 52.7 Å². The molecule has 0 aliphatic carbocycles. The van der Waals surface area contributed by atoms with Crippen molar-refractivity contribution in [1.29, 1.82) is 0 Å². The van der Waals surface area contributed by atoms with E-state index in [-0.39, 0.29) is 13.4 Å². The van der Waals surface area contributed by atoms with Crippen LogP contribution in [0.1, 0.15) is 37.5 Å². The number of hydrogen-bond donors (Lipinski definition) is 1. The molecule has 1 aromatic carbocycles. The van der Waals surface area contributed by atoms with Crippen LogP contribution in [-0.2, 0) is 6.54 Å². The number of benzene rings is 1. The van der Waals surface area contributed by atoms with Gasteiger partial charge in [0.2, 0.25) is 0 Å². The average molecular weight is 299 g/mol. The standard InChI is InChI=1S/C18H30BN3/c1-13-11-14(2)16(15(3)12-13)22-10-9-21(17(22)19)8-7-20-18(4,5)6/h9-12,20H,7-8H2,1-6,19H3. The molecule has 0 spiro atoms. The van der Waals surface area contributed by atoms with E-state index in [1.165, 1.54) is 28.1 Å². The summed E-state index contributed by atoms with van der Waals surface area (Å²) in [4.78, 5) is 0. The summed E-state index contributed by atoms with van der Waals surface area (Å²) in [7, 11) is 0.106. The highest BCUT2D eigenvalue weighted by atomic mass is 15.2. The summed E-state index contributed by atoms with van der Waals surface area (Å²) in [6.07, 6.45) is 4.48. The fourth-order valence-corrected chi connectivity index (χ4v) is 2.71. The number of aryl methyl sites for hydroxylation is 3. The minimum Gasteiger partial charge on any atom is -0.308 e. The van der Waals surface area contributed by atoms with Crippen molar-refractivity contribution in [2.24, 2.45) is 0 Å². The van der Waals surface area contributed by atoms with E-state index in [4.69, 9.17) is 0 Å². The number of rotatable bonds is 4. The monoisotopic (exact) mass is 299 g/mol. The van der Waals surface area contributed by atoms with Gasteiger partial charge in [-0.1, -0.05) is 17.7 Å². The number of aromatic nitrogens is 2. The van der Waals surface area contributed by atoms with Crippen molar-refractivity contribution in [2.45, 2.75) is 53.6 Å². The highest BCUT2D eigenvalue weighted by Crippen LogP contribution is 2.19. The van der Waals surface area contributed by atoms with Gasteiger partial charge < -0.3 is 5.32 Å². The SMILES string of the molecule is [BH3-]c1n(-c2c(C)cc(C)cc2C)cc[n+]1CCNC(C)(C)C. The van der Waals surface area contributed by atoms with Gasteiger partial charge in [-0.15, -0.1) is 0 Å². The predicted octanol–water partition coefficient (Wildman–Crippen LogP) is 1.07. The Hall–Kier alpha value is -1.55. The van der Waals surface area contributed by atoms with Gasteiger partial charge >= 0.3 is 0 Å². The summed E-state index contributed by atoms with van der Waals surface area (Å²) < 4.78 is 4.85. The van der Waals surface area contributed by atoms with Crippen molar-refractivity contribution in [3.05, 3.63) is 41.2 Å². The summed E-state index contributed by atoms with van der Waals surface area (Å²) in [6.45, 7) is 15.3. The third-order valence-corrected chi connectivity index (χ3v) is 3.52. The average Bonchev–Trinajstić information content (AvgIpc) is 2.69. The molecule has 0 aliphatic rings. The van der Waals surface area contributed by atoms with Crippen molar-refractivity contribution in [3.63, 3.8) is 0 Å². The predicted molar refractivity (Wildman–Crippen MR) is 97.5 cm³/mol. The molecule has 1 heterocycles. The maximum absolute atomic E-state index is 3.57. The van der Waals surface area contributed by atoms with E-state index in [1.807, 2.05) is 0 Å². The van der Waals surface area contributed by atoms with Crippen LogP contribution in [0, 0.1) is 20.8 Å². The highest BCUT2D eigenvalue weighted by Gasteiger charge is 2.15. The number of imidazole rings is 1. The van der Waals surface area contributed by atoms with Crippen molar-refractivity contribution in [2.75, 3.05) is 6.54 Å². The molecule has 1 aromatic heterocycles. The first-order valence-corrected chi connectivity index (χ1v) is 7.60. The highest BCUT2D eigenvalue weighted by molar-refractivity contribution is 6.28. The molecule has 1 N–H and O–H groups in total. The van der Waals surface area contributed by atoms with Crippen LogP contribution in [0.2, 0.25) is 0 Å². The molecule has 0 amide bonds. The fraction of sp³-hybridized carbons (Fsp3) is 0.500. The number of nitrogens with one attached hydrogen (secondary N) is 1. The van der Waals surface area contributed by atoms with Crippen molar-refractivity contribution >= 4 is 13.6 Å². The van der Waals surface area contributed by atoms with E-state index in [1.54, 1.807) is 0 Å². The molecule has 0 unspecified atom stereocenters. The van der Waals surface area contributed by atoms with E-state index in [9.17, 15) is 0 Å². The van der Waals surface area contributed by atoms with E-state index in [0.29, 0.717) is 0 Å². The zero-order chi connectivity index (χ0) is 16.5. The molecule has 4 heteroatoms. The summed E-state index contributed by atoms with van der Waals surface area (Å²) in [5.74, 6) is 0. The van der Waals surface area contributed by atoms with Crippen LogP contribution in [-0.4, -0.2) is 24.5 Å². The van der Waals surface area contributed by atoms with E-state index < -0.39 is 0 Å². The maximum Gasteiger partial charge on any atom is 0.134 e. The summed E-state index contributed by atoms with van der Waals surface area (Å²) in [5, 5.41) is 3.57. The lowest BCUT2D eigenvalue weighted by molar-refractivity contribution is -0.676. The molecule has 0 fully saturated rings. The van der Waals surface area contributed by atoms with E-state index in [0.717, 1.165) is 13.1 Å². The van der Waals surface area contributed by atoms with E-state index in [2.05, 4.69) is 80.5 Å². The smallest absolute Gasteiger partial charge is 0.134 e. The summed E-state index contributed by atoms with van der Waals surface area (Å²) in [6, 6.07) is 4.57.